The SMILES string of the molecule is CC1OCCC1N(C)c1c(F)cc(C(N)=NO)cc1F. The van der Waals surface area contributed by atoms with Crippen LogP contribution in [0.25, 0.3) is 0 Å². The molecule has 0 saturated carbocycles. The van der Waals surface area contributed by atoms with Gasteiger partial charge in [0.25, 0.3) is 0 Å². The van der Waals surface area contributed by atoms with Crippen molar-refractivity contribution in [3.8, 4) is 0 Å². The lowest BCUT2D eigenvalue weighted by Gasteiger charge is -2.29. The van der Waals surface area contributed by atoms with Gasteiger partial charge in [-0.05, 0) is 25.5 Å². The minimum absolute atomic E-state index is 0.00429. The van der Waals surface area contributed by atoms with Crippen LogP contribution in [0.1, 0.15) is 18.9 Å². The van der Waals surface area contributed by atoms with Gasteiger partial charge in [0.15, 0.2) is 5.84 Å². The number of halogens is 2. The van der Waals surface area contributed by atoms with Gasteiger partial charge in [0.05, 0.1) is 12.1 Å². The fourth-order valence-electron chi connectivity index (χ4n) is 2.50. The van der Waals surface area contributed by atoms with Crippen LogP contribution in [-0.2, 0) is 4.74 Å². The molecule has 0 amide bonds. The van der Waals surface area contributed by atoms with E-state index < -0.39 is 11.6 Å². The summed E-state index contributed by atoms with van der Waals surface area (Å²) in [4.78, 5) is 1.54. The van der Waals surface area contributed by atoms with Gasteiger partial charge in [-0.15, -0.1) is 0 Å². The number of amidine groups is 1. The van der Waals surface area contributed by atoms with Crippen molar-refractivity contribution in [2.45, 2.75) is 25.5 Å². The summed E-state index contributed by atoms with van der Waals surface area (Å²) in [6, 6.07) is 2.00. The lowest BCUT2D eigenvalue weighted by Crippen LogP contribution is -2.38. The van der Waals surface area contributed by atoms with E-state index in [9.17, 15) is 8.78 Å². The van der Waals surface area contributed by atoms with Crippen LogP contribution in [0.2, 0.25) is 0 Å². The third kappa shape index (κ3) is 2.53. The molecule has 1 saturated heterocycles. The molecular weight excluding hydrogens is 268 g/mol. The Labute approximate surface area is 115 Å². The number of hydrogen-bond donors (Lipinski definition) is 2. The molecule has 3 N–H and O–H groups in total. The Hall–Kier alpha value is -1.89. The van der Waals surface area contributed by atoms with Gasteiger partial charge in [-0.3, -0.25) is 0 Å². The van der Waals surface area contributed by atoms with Crippen molar-refractivity contribution in [3.05, 3.63) is 29.3 Å². The minimum atomic E-state index is -0.756. The van der Waals surface area contributed by atoms with Crippen LogP contribution in [0.15, 0.2) is 17.3 Å². The predicted molar refractivity (Wildman–Crippen MR) is 71.1 cm³/mol. The normalized spacial score (nSPS) is 23.1. The van der Waals surface area contributed by atoms with E-state index in [0.29, 0.717) is 13.0 Å². The molecule has 0 spiro atoms. The molecule has 0 radical (unpaired) electrons. The molecule has 2 rings (SSSR count). The van der Waals surface area contributed by atoms with Crippen molar-refractivity contribution in [2.75, 3.05) is 18.6 Å². The molecule has 1 aliphatic heterocycles. The van der Waals surface area contributed by atoms with Gasteiger partial charge < -0.3 is 20.6 Å². The first-order valence-corrected chi connectivity index (χ1v) is 6.27. The second-order valence-corrected chi connectivity index (χ2v) is 4.82. The maximum absolute atomic E-state index is 14.1. The predicted octanol–water partition coefficient (Wildman–Crippen LogP) is 1.67. The van der Waals surface area contributed by atoms with Gasteiger partial charge in [0.1, 0.15) is 17.3 Å². The number of nitrogens with zero attached hydrogens (tertiary/aromatic N) is 2. The first-order valence-electron chi connectivity index (χ1n) is 6.27. The summed E-state index contributed by atoms with van der Waals surface area (Å²) < 4.78 is 33.7. The molecule has 1 aromatic carbocycles. The highest BCUT2D eigenvalue weighted by molar-refractivity contribution is 5.97. The second kappa shape index (κ2) is 5.62. The molecule has 0 aromatic heterocycles. The van der Waals surface area contributed by atoms with Crippen LogP contribution in [-0.4, -0.2) is 36.8 Å². The summed E-state index contributed by atoms with van der Waals surface area (Å²) in [5.41, 5.74) is 5.19. The van der Waals surface area contributed by atoms with Gasteiger partial charge >= 0.3 is 0 Å². The minimum Gasteiger partial charge on any atom is -0.409 e. The maximum atomic E-state index is 14.1. The zero-order valence-corrected chi connectivity index (χ0v) is 11.3. The van der Waals surface area contributed by atoms with Gasteiger partial charge in [-0.2, -0.15) is 0 Å². The molecule has 1 aromatic rings. The van der Waals surface area contributed by atoms with E-state index >= 15 is 0 Å². The summed E-state index contributed by atoms with van der Waals surface area (Å²) in [6.45, 7) is 2.44. The number of benzene rings is 1. The van der Waals surface area contributed by atoms with Crippen LogP contribution >= 0.6 is 0 Å². The molecule has 110 valence electrons. The smallest absolute Gasteiger partial charge is 0.170 e. The highest BCUT2D eigenvalue weighted by Gasteiger charge is 2.31. The average Bonchev–Trinajstić information content (AvgIpc) is 2.83. The summed E-state index contributed by atoms with van der Waals surface area (Å²) >= 11 is 0. The van der Waals surface area contributed by atoms with Crippen molar-refractivity contribution in [1.29, 1.82) is 0 Å². The van der Waals surface area contributed by atoms with Crippen LogP contribution in [0.4, 0.5) is 14.5 Å². The highest BCUT2D eigenvalue weighted by atomic mass is 19.1. The van der Waals surface area contributed by atoms with Crippen molar-refractivity contribution < 1.29 is 18.7 Å². The fraction of sp³-hybridized carbons (Fsp3) is 0.462. The molecule has 5 nitrogen and oxygen atoms in total. The number of ether oxygens (including phenoxy) is 1. The Morgan fingerprint density at radius 3 is 2.50 bits per heavy atom. The van der Waals surface area contributed by atoms with Crippen LogP contribution in [0, 0.1) is 11.6 Å². The van der Waals surface area contributed by atoms with E-state index in [-0.39, 0.29) is 29.2 Å². The molecule has 1 aliphatic rings. The lowest BCUT2D eigenvalue weighted by molar-refractivity contribution is 0.118. The molecule has 0 bridgehead atoms. The van der Waals surface area contributed by atoms with Gasteiger partial charge in [-0.1, -0.05) is 5.16 Å². The zero-order valence-electron chi connectivity index (χ0n) is 11.3. The van der Waals surface area contributed by atoms with Crippen molar-refractivity contribution in [1.82, 2.24) is 0 Å². The van der Waals surface area contributed by atoms with Gasteiger partial charge in [0.2, 0.25) is 0 Å². The third-order valence-electron chi connectivity index (χ3n) is 3.61. The Bertz CT molecular complexity index is 513. The van der Waals surface area contributed by atoms with Crippen LogP contribution in [0.5, 0.6) is 0 Å². The summed E-state index contributed by atoms with van der Waals surface area (Å²) in [5, 5.41) is 11.3. The van der Waals surface area contributed by atoms with Gasteiger partial charge in [0, 0.05) is 19.2 Å². The number of rotatable bonds is 3. The third-order valence-corrected chi connectivity index (χ3v) is 3.61. The lowest BCUT2D eigenvalue weighted by atomic mass is 10.1. The van der Waals surface area contributed by atoms with Crippen molar-refractivity contribution >= 4 is 11.5 Å². The Balaban J connectivity index is 2.37. The van der Waals surface area contributed by atoms with Crippen LogP contribution < -0.4 is 10.6 Å². The van der Waals surface area contributed by atoms with Gasteiger partial charge in [-0.25, -0.2) is 8.78 Å². The Morgan fingerprint density at radius 1 is 1.45 bits per heavy atom. The topological polar surface area (TPSA) is 71.1 Å². The van der Waals surface area contributed by atoms with Crippen LogP contribution in [0.3, 0.4) is 0 Å². The molecule has 1 heterocycles. The largest absolute Gasteiger partial charge is 0.409 e. The van der Waals surface area contributed by atoms with E-state index in [1.807, 2.05) is 6.92 Å². The molecule has 0 aliphatic carbocycles. The molecule has 2 atom stereocenters. The summed E-state index contributed by atoms with van der Waals surface area (Å²) in [6.07, 6.45) is 0.612. The highest BCUT2D eigenvalue weighted by Crippen LogP contribution is 2.29. The van der Waals surface area contributed by atoms with E-state index in [1.165, 1.54) is 0 Å². The monoisotopic (exact) mass is 285 g/mol. The zero-order chi connectivity index (χ0) is 14.9. The fourth-order valence-corrected chi connectivity index (χ4v) is 2.50. The quantitative estimate of drug-likeness (QED) is 0.383. The van der Waals surface area contributed by atoms with E-state index in [1.54, 1.807) is 11.9 Å². The van der Waals surface area contributed by atoms with Crippen molar-refractivity contribution in [3.63, 3.8) is 0 Å². The van der Waals surface area contributed by atoms with E-state index in [2.05, 4.69) is 5.16 Å². The number of oxime groups is 1. The average molecular weight is 285 g/mol. The number of likely N-dealkylation sites (N-methyl/N-ethyl adjacent to an activating group) is 1. The maximum Gasteiger partial charge on any atom is 0.170 e. The van der Waals surface area contributed by atoms with E-state index in [0.717, 1.165) is 12.1 Å². The number of hydrogen-bond acceptors (Lipinski definition) is 4. The first kappa shape index (κ1) is 14.5. The second-order valence-electron chi connectivity index (χ2n) is 4.82. The Morgan fingerprint density at radius 2 is 2.05 bits per heavy atom. The molecule has 2 unspecified atom stereocenters. The number of anilines is 1. The standard InChI is InChI=1S/C13H17F2N3O2/c1-7-11(3-4-20-7)18(2)12-9(14)5-8(6-10(12)15)13(16)17-19/h5-7,11,19H,3-4H2,1-2H3,(H2,16,17). The summed E-state index contributed by atoms with van der Waals surface area (Å²) in [7, 11) is 1.63. The molecule has 1 fully saturated rings. The molecular formula is C13H17F2N3O2. The molecule has 20 heavy (non-hydrogen) atoms. The Kier molecular flexibility index (Phi) is 4.08. The molecule has 7 heteroatoms. The van der Waals surface area contributed by atoms with E-state index in [4.69, 9.17) is 15.7 Å². The summed E-state index contributed by atoms with van der Waals surface area (Å²) in [5.74, 6) is -1.85. The number of nitrogens with two attached hydrogens (primary N) is 1. The first-order chi connectivity index (χ1) is 9.45. The van der Waals surface area contributed by atoms with Crippen molar-refractivity contribution in [2.24, 2.45) is 10.9 Å².